The zero-order chi connectivity index (χ0) is 17.5. The van der Waals surface area contributed by atoms with Crippen molar-refractivity contribution in [1.82, 2.24) is 10.6 Å². The Labute approximate surface area is 141 Å². The minimum atomic E-state index is -0.747. The molecule has 6 heteroatoms. The van der Waals surface area contributed by atoms with Gasteiger partial charge >= 0.3 is 5.97 Å². The maximum absolute atomic E-state index is 12.1. The molecule has 6 nitrogen and oxygen atoms in total. The Hall–Kier alpha value is -2.63. The molecule has 0 aliphatic heterocycles. The van der Waals surface area contributed by atoms with Crippen LogP contribution in [0.2, 0.25) is 0 Å². The van der Waals surface area contributed by atoms with Crippen LogP contribution < -0.4 is 10.6 Å². The van der Waals surface area contributed by atoms with Gasteiger partial charge in [-0.15, -0.1) is 0 Å². The van der Waals surface area contributed by atoms with Gasteiger partial charge in [0.05, 0.1) is 0 Å². The number of benzene rings is 1. The minimum absolute atomic E-state index is 0.00302. The summed E-state index contributed by atoms with van der Waals surface area (Å²) >= 11 is 0. The molecule has 0 unspecified atom stereocenters. The van der Waals surface area contributed by atoms with Crippen LogP contribution in [0.4, 0.5) is 0 Å². The number of hydrogen-bond donors (Lipinski definition) is 2. The van der Waals surface area contributed by atoms with Crippen LogP contribution in [0.25, 0.3) is 6.08 Å². The van der Waals surface area contributed by atoms with Crippen LogP contribution in [0.1, 0.15) is 32.3 Å². The fourth-order valence-electron chi connectivity index (χ4n) is 2.27. The van der Waals surface area contributed by atoms with Crippen LogP contribution in [0, 0.1) is 5.92 Å². The molecule has 1 saturated carbocycles. The highest BCUT2D eigenvalue weighted by atomic mass is 16.5. The van der Waals surface area contributed by atoms with Gasteiger partial charge in [-0.2, -0.15) is 0 Å². The second-order valence-corrected chi connectivity index (χ2v) is 5.92. The number of ether oxygens (including phenoxy) is 1. The predicted molar refractivity (Wildman–Crippen MR) is 89.5 cm³/mol. The first kappa shape index (κ1) is 17.7. The Kier molecular flexibility index (Phi) is 6.12. The monoisotopic (exact) mass is 330 g/mol. The van der Waals surface area contributed by atoms with Crippen molar-refractivity contribution in [3.05, 3.63) is 41.6 Å². The van der Waals surface area contributed by atoms with Gasteiger partial charge in [-0.1, -0.05) is 30.3 Å². The first-order chi connectivity index (χ1) is 11.5. The molecule has 24 heavy (non-hydrogen) atoms. The third-order valence-corrected chi connectivity index (χ3v) is 3.69. The first-order valence-corrected chi connectivity index (χ1v) is 7.96. The molecule has 2 N–H and O–H groups in total. The highest BCUT2D eigenvalue weighted by molar-refractivity contribution is 5.98. The lowest BCUT2D eigenvalue weighted by atomic mass is 10.2. The molecule has 1 aromatic rings. The Bertz CT molecular complexity index is 636. The van der Waals surface area contributed by atoms with Crippen molar-refractivity contribution in [2.75, 3.05) is 6.61 Å². The quantitative estimate of drug-likeness (QED) is 0.588. The van der Waals surface area contributed by atoms with Crippen molar-refractivity contribution in [1.29, 1.82) is 0 Å². The van der Waals surface area contributed by atoms with E-state index < -0.39 is 5.97 Å². The second-order valence-electron chi connectivity index (χ2n) is 5.92. The third-order valence-electron chi connectivity index (χ3n) is 3.69. The highest BCUT2D eigenvalue weighted by Gasteiger charge is 2.29. The highest BCUT2D eigenvalue weighted by Crippen LogP contribution is 2.32. The Morgan fingerprint density at radius 1 is 1.25 bits per heavy atom. The van der Waals surface area contributed by atoms with Gasteiger partial charge in [0, 0.05) is 13.0 Å². The van der Waals surface area contributed by atoms with Gasteiger partial charge < -0.3 is 15.4 Å². The fraction of sp³-hybridized carbons (Fsp3) is 0.389. The van der Waals surface area contributed by atoms with Crippen LogP contribution in [0.5, 0.6) is 0 Å². The maximum Gasteiger partial charge on any atom is 0.355 e. The molecular weight excluding hydrogens is 308 g/mol. The van der Waals surface area contributed by atoms with E-state index in [9.17, 15) is 14.4 Å². The molecule has 1 atom stereocenters. The van der Waals surface area contributed by atoms with Gasteiger partial charge in [0.1, 0.15) is 5.70 Å². The summed E-state index contributed by atoms with van der Waals surface area (Å²) in [7, 11) is 0. The maximum atomic E-state index is 12.1. The van der Waals surface area contributed by atoms with Gasteiger partial charge in [0.15, 0.2) is 6.61 Å². The summed E-state index contributed by atoms with van der Waals surface area (Å²) in [4.78, 5) is 35.2. The number of esters is 1. The molecule has 0 heterocycles. The van der Waals surface area contributed by atoms with Gasteiger partial charge in [-0.05, 0) is 37.3 Å². The molecule has 1 aliphatic rings. The molecule has 0 spiro atoms. The van der Waals surface area contributed by atoms with Crippen LogP contribution in [-0.4, -0.2) is 30.4 Å². The number of hydrogen-bond acceptors (Lipinski definition) is 4. The van der Waals surface area contributed by atoms with Crippen molar-refractivity contribution in [2.45, 2.75) is 32.7 Å². The van der Waals surface area contributed by atoms with Gasteiger partial charge in [-0.25, -0.2) is 4.79 Å². The fourth-order valence-corrected chi connectivity index (χ4v) is 2.27. The third kappa shape index (κ3) is 5.87. The van der Waals surface area contributed by atoms with E-state index in [0.717, 1.165) is 18.4 Å². The van der Waals surface area contributed by atoms with E-state index in [0.29, 0.717) is 5.92 Å². The lowest BCUT2D eigenvalue weighted by Crippen LogP contribution is -2.37. The van der Waals surface area contributed by atoms with E-state index in [1.807, 2.05) is 25.1 Å². The van der Waals surface area contributed by atoms with E-state index in [4.69, 9.17) is 4.74 Å². The average molecular weight is 330 g/mol. The number of amides is 2. The van der Waals surface area contributed by atoms with Crippen LogP contribution in [0.3, 0.4) is 0 Å². The molecule has 1 fully saturated rings. The van der Waals surface area contributed by atoms with E-state index in [-0.39, 0.29) is 30.2 Å². The van der Waals surface area contributed by atoms with Crippen molar-refractivity contribution in [2.24, 2.45) is 5.92 Å². The van der Waals surface area contributed by atoms with Gasteiger partial charge in [0.2, 0.25) is 5.91 Å². The zero-order valence-corrected chi connectivity index (χ0v) is 13.9. The van der Waals surface area contributed by atoms with Crippen LogP contribution in [-0.2, 0) is 19.1 Å². The molecular formula is C18H22N2O4. The van der Waals surface area contributed by atoms with E-state index in [1.54, 1.807) is 12.1 Å². The number of rotatable bonds is 7. The number of carbonyl (C=O) groups excluding carboxylic acids is 3. The average Bonchev–Trinajstić information content (AvgIpc) is 3.37. The molecule has 2 rings (SSSR count). The topological polar surface area (TPSA) is 84.5 Å². The van der Waals surface area contributed by atoms with E-state index in [1.165, 1.54) is 13.0 Å². The predicted octanol–water partition coefficient (Wildman–Crippen LogP) is 1.62. The molecule has 128 valence electrons. The lowest BCUT2D eigenvalue weighted by molar-refractivity contribution is -0.145. The van der Waals surface area contributed by atoms with Gasteiger partial charge in [0.25, 0.3) is 5.91 Å². The second kappa shape index (κ2) is 8.29. The Balaban J connectivity index is 1.93. The van der Waals surface area contributed by atoms with Gasteiger partial charge in [-0.3, -0.25) is 9.59 Å². The molecule has 0 radical (unpaired) electrons. The summed E-state index contributed by atoms with van der Waals surface area (Å²) in [6, 6.07) is 9.15. The summed E-state index contributed by atoms with van der Waals surface area (Å²) in [5, 5.41) is 5.24. The normalized spacial score (nSPS) is 15.3. The number of carbonyl (C=O) groups is 3. The molecule has 1 aromatic carbocycles. The standard InChI is InChI=1S/C18H22N2O4/c1-12(15-8-9-15)19-17(22)11-24-18(23)16(20-13(2)21)10-14-6-4-3-5-7-14/h3-7,10,12,15H,8-9,11H2,1-2H3,(H,19,22)(H,20,21)/b16-10-/t12-/m0/s1. The Morgan fingerprint density at radius 2 is 1.92 bits per heavy atom. The molecule has 0 bridgehead atoms. The van der Waals surface area contributed by atoms with Crippen LogP contribution >= 0.6 is 0 Å². The number of nitrogens with one attached hydrogen (secondary N) is 2. The summed E-state index contributed by atoms with van der Waals surface area (Å²) in [6.07, 6.45) is 3.75. The Morgan fingerprint density at radius 3 is 2.50 bits per heavy atom. The van der Waals surface area contributed by atoms with Crippen molar-refractivity contribution in [3.8, 4) is 0 Å². The summed E-state index contributed by atoms with van der Waals surface area (Å²) in [5.41, 5.74) is 0.738. The SMILES string of the molecule is CC(=O)N/C(=C\c1ccccc1)C(=O)OCC(=O)N[C@@H](C)C1CC1. The van der Waals surface area contributed by atoms with Crippen molar-refractivity contribution >= 4 is 23.9 Å². The minimum Gasteiger partial charge on any atom is -0.451 e. The molecule has 0 aromatic heterocycles. The lowest BCUT2D eigenvalue weighted by Gasteiger charge is -2.13. The van der Waals surface area contributed by atoms with Crippen LogP contribution in [0.15, 0.2) is 36.0 Å². The first-order valence-electron chi connectivity index (χ1n) is 7.96. The summed E-state index contributed by atoms with van der Waals surface area (Å²) < 4.78 is 5.01. The largest absolute Gasteiger partial charge is 0.451 e. The summed E-state index contributed by atoms with van der Waals surface area (Å²) in [6.45, 7) is 2.87. The zero-order valence-electron chi connectivity index (χ0n) is 13.9. The van der Waals surface area contributed by atoms with E-state index in [2.05, 4.69) is 10.6 Å². The molecule has 2 amide bonds. The molecule has 1 aliphatic carbocycles. The van der Waals surface area contributed by atoms with Crippen molar-refractivity contribution in [3.63, 3.8) is 0 Å². The molecule has 0 saturated heterocycles. The smallest absolute Gasteiger partial charge is 0.355 e. The van der Waals surface area contributed by atoms with E-state index >= 15 is 0 Å². The summed E-state index contributed by atoms with van der Waals surface area (Å²) in [5.74, 6) is -0.952. The van der Waals surface area contributed by atoms with Crippen molar-refractivity contribution < 1.29 is 19.1 Å².